The van der Waals surface area contributed by atoms with Crippen molar-refractivity contribution < 1.29 is 14.6 Å². The van der Waals surface area contributed by atoms with Crippen molar-refractivity contribution in [2.75, 3.05) is 0 Å². The van der Waals surface area contributed by atoms with Gasteiger partial charge in [-0.1, -0.05) is 0 Å². The van der Waals surface area contributed by atoms with Gasteiger partial charge in [-0.3, -0.25) is 4.79 Å². The molecule has 92 valence electrons. The maximum atomic E-state index is 11.3. The number of carboxylic acids is 1. The Labute approximate surface area is 101 Å². The second kappa shape index (κ2) is 4.02. The molecule has 0 atom stereocenters. The Morgan fingerprint density at radius 2 is 2.18 bits per heavy atom. The summed E-state index contributed by atoms with van der Waals surface area (Å²) in [6.07, 6.45) is 3.04. The molecule has 1 N–H and O–H groups in total. The average molecular weight is 235 g/mol. The van der Waals surface area contributed by atoms with Crippen LogP contribution in [0.5, 0.6) is 5.88 Å². The molecule has 0 radical (unpaired) electrons. The van der Waals surface area contributed by atoms with Crippen LogP contribution in [0, 0.1) is 6.92 Å². The molecule has 1 saturated carbocycles. The molecule has 1 aromatic heterocycles. The summed E-state index contributed by atoms with van der Waals surface area (Å²) in [5.74, 6) is -0.316. The molecule has 0 aromatic carbocycles. The molecule has 4 nitrogen and oxygen atoms in total. The van der Waals surface area contributed by atoms with E-state index in [2.05, 4.69) is 4.98 Å². The second-order valence-corrected chi connectivity index (χ2v) is 4.92. The molecular weight excluding hydrogens is 218 g/mol. The van der Waals surface area contributed by atoms with Gasteiger partial charge in [0, 0.05) is 11.8 Å². The van der Waals surface area contributed by atoms with E-state index in [0.29, 0.717) is 18.7 Å². The molecule has 4 heteroatoms. The van der Waals surface area contributed by atoms with Crippen molar-refractivity contribution in [1.29, 1.82) is 0 Å². The number of nitrogens with zero attached hydrogens (tertiary/aromatic N) is 1. The van der Waals surface area contributed by atoms with E-state index >= 15 is 0 Å². The fraction of sp³-hybridized carbons (Fsp3) is 0.538. The Kier molecular flexibility index (Phi) is 2.81. The number of aryl methyl sites for hydroxylation is 1. The normalized spacial score (nSPS) is 16.9. The Morgan fingerprint density at radius 1 is 1.53 bits per heavy atom. The standard InChI is InChI=1S/C13H17NO3/c1-8(2)17-11-10(6-9(3)7-14-11)13(4-5-13)12(15)16/h6-8H,4-5H2,1-3H3,(H,15,16). The average Bonchev–Trinajstić information content (AvgIpc) is 3.01. The highest BCUT2D eigenvalue weighted by Gasteiger charge is 2.54. The minimum Gasteiger partial charge on any atom is -0.481 e. The summed E-state index contributed by atoms with van der Waals surface area (Å²) in [4.78, 5) is 15.6. The number of pyridine rings is 1. The third kappa shape index (κ3) is 2.12. The third-order valence-electron chi connectivity index (χ3n) is 3.01. The highest BCUT2D eigenvalue weighted by Crippen LogP contribution is 2.51. The monoisotopic (exact) mass is 235 g/mol. The minimum absolute atomic E-state index is 0.00597. The van der Waals surface area contributed by atoms with Gasteiger partial charge in [-0.2, -0.15) is 0 Å². The van der Waals surface area contributed by atoms with Gasteiger partial charge in [0.15, 0.2) is 0 Å². The Morgan fingerprint density at radius 3 is 2.65 bits per heavy atom. The zero-order valence-corrected chi connectivity index (χ0v) is 10.4. The first kappa shape index (κ1) is 11.9. The number of carbonyl (C=O) groups is 1. The van der Waals surface area contributed by atoms with E-state index in [1.807, 2.05) is 26.8 Å². The van der Waals surface area contributed by atoms with Crippen molar-refractivity contribution in [1.82, 2.24) is 4.98 Å². The summed E-state index contributed by atoms with van der Waals surface area (Å²) in [6.45, 7) is 5.73. The SMILES string of the molecule is Cc1cnc(OC(C)C)c(C2(C(=O)O)CC2)c1. The first-order valence-corrected chi connectivity index (χ1v) is 5.83. The summed E-state index contributed by atoms with van der Waals surface area (Å²) in [7, 11) is 0. The van der Waals surface area contributed by atoms with Crippen LogP contribution in [0.3, 0.4) is 0 Å². The van der Waals surface area contributed by atoms with Crippen LogP contribution in [-0.4, -0.2) is 22.2 Å². The Balaban J connectivity index is 2.44. The zero-order valence-electron chi connectivity index (χ0n) is 10.4. The van der Waals surface area contributed by atoms with Crippen molar-refractivity contribution in [2.45, 2.75) is 45.1 Å². The topological polar surface area (TPSA) is 59.4 Å². The molecule has 0 saturated heterocycles. The molecule has 1 heterocycles. The van der Waals surface area contributed by atoms with E-state index in [1.165, 1.54) is 0 Å². The lowest BCUT2D eigenvalue weighted by molar-refractivity contribution is -0.140. The smallest absolute Gasteiger partial charge is 0.314 e. The molecule has 1 fully saturated rings. The van der Waals surface area contributed by atoms with Gasteiger partial charge in [0.2, 0.25) is 5.88 Å². The maximum Gasteiger partial charge on any atom is 0.314 e. The van der Waals surface area contributed by atoms with Crippen LogP contribution in [0.25, 0.3) is 0 Å². The van der Waals surface area contributed by atoms with Crippen LogP contribution in [0.4, 0.5) is 0 Å². The number of aliphatic carboxylic acids is 1. The lowest BCUT2D eigenvalue weighted by Gasteiger charge is -2.17. The highest BCUT2D eigenvalue weighted by molar-refractivity contribution is 5.85. The van der Waals surface area contributed by atoms with Gasteiger partial charge in [-0.25, -0.2) is 4.98 Å². The number of hydrogen-bond donors (Lipinski definition) is 1. The molecule has 1 aliphatic rings. The first-order chi connectivity index (χ1) is 7.95. The molecule has 2 rings (SSSR count). The highest BCUT2D eigenvalue weighted by atomic mass is 16.5. The van der Waals surface area contributed by atoms with E-state index in [4.69, 9.17) is 4.74 Å². The van der Waals surface area contributed by atoms with Crippen LogP contribution in [0.1, 0.15) is 37.8 Å². The Hall–Kier alpha value is -1.58. The number of hydrogen-bond acceptors (Lipinski definition) is 3. The predicted octanol–water partition coefficient (Wildman–Crippen LogP) is 2.29. The Bertz CT molecular complexity index is 450. The van der Waals surface area contributed by atoms with Crippen LogP contribution >= 0.6 is 0 Å². The lowest BCUT2D eigenvalue weighted by Crippen LogP contribution is -2.22. The molecule has 0 amide bonds. The number of rotatable bonds is 4. The number of ether oxygens (including phenoxy) is 1. The summed E-state index contributed by atoms with van der Waals surface area (Å²) >= 11 is 0. The fourth-order valence-electron chi connectivity index (χ4n) is 1.94. The number of aromatic nitrogens is 1. The third-order valence-corrected chi connectivity index (χ3v) is 3.01. The molecule has 0 aliphatic heterocycles. The largest absolute Gasteiger partial charge is 0.481 e. The van der Waals surface area contributed by atoms with E-state index in [-0.39, 0.29) is 6.10 Å². The zero-order chi connectivity index (χ0) is 12.6. The fourth-order valence-corrected chi connectivity index (χ4v) is 1.94. The van der Waals surface area contributed by atoms with Gasteiger partial charge >= 0.3 is 5.97 Å². The van der Waals surface area contributed by atoms with E-state index < -0.39 is 11.4 Å². The van der Waals surface area contributed by atoms with Crippen molar-refractivity contribution in [3.8, 4) is 5.88 Å². The van der Waals surface area contributed by atoms with Gasteiger partial charge in [0.05, 0.1) is 11.5 Å². The predicted molar refractivity (Wildman–Crippen MR) is 63.3 cm³/mol. The van der Waals surface area contributed by atoms with Crippen LogP contribution in [0.2, 0.25) is 0 Å². The molecule has 0 spiro atoms. The lowest BCUT2D eigenvalue weighted by atomic mass is 9.96. The van der Waals surface area contributed by atoms with Gasteiger partial charge in [-0.15, -0.1) is 0 Å². The van der Waals surface area contributed by atoms with Gasteiger partial charge in [0.25, 0.3) is 0 Å². The summed E-state index contributed by atoms with van der Waals surface area (Å²) < 4.78 is 5.60. The van der Waals surface area contributed by atoms with E-state index in [0.717, 1.165) is 11.1 Å². The van der Waals surface area contributed by atoms with Crippen molar-refractivity contribution in [3.63, 3.8) is 0 Å². The van der Waals surface area contributed by atoms with Crippen LogP contribution < -0.4 is 4.74 Å². The first-order valence-electron chi connectivity index (χ1n) is 5.83. The summed E-state index contributed by atoms with van der Waals surface area (Å²) in [5.41, 5.74) is 0.922. The van der Waals surface area contributed by atoms with Gasteiger partial charge in [-0.05, 0) is 45.2 Å². The maximum absolute atomic E-state index is 11.3. The van der Waals surface area contributed by atoms with E-state index in [9.17, 15) is 9.90 Å². The molecular formula is C13H17NO3. The molecule has 17 heavy (non-hydrogen) atoms. The van der Waals surface area contributed by atoms with Crippen molar-refractivity contribution >= 4 is 5.97 Å². The minimum atomic E-state index is -0.779. The van der Waals surface area contributed by atoms with Crippen molar-refractivity contribution in [2.24, 2.45) is 0 Å². The van der Waals surface area contributed by atoms with Crippen LogP contribution in [-0.2, 0) is 10.2 Å². The number of carboxylic acid groups (broad SMARTS) is 1. The molecule has 1 aromatic rings. The molecule has 1 aliphatic carbocycles. The van der Waals surface area contributed by atoms with Gasteiger partial charge < -0.3 is 9.84 Å². The van der Waals surface area contributed by atoms with Crippen LogP contribution in [0.15, 0.2) is 12.3 Å². The molecule has 0 bridgehead atoms. The molecule has 0 unspecified atom stereocenters. The quantitative estimate of drug-likeness (QED) is 0.869. The van der Waals surface area contributed by atoms with Gasteiger partial charge in [0.1, 0.15) is 0 Å². The van der Waals surface area contributed by atoms with E-state index in [1.54, 1.807) is 6.20 Å². The summed E-state index contributed by atoms with van der Waals surface area (Å²) in [5, 5.41) is 9.32. The summed E-state index contributed by atoms with van der Waals surface area (Å²) in [6, 6.07) is 1.88. The van der Waals surface area contributed by atoms with Crippen molar-refractivity contribution in [3.05, 3.63) is 23.4 Å². The second-order valence-electron chi connectivity index (χ2n) is 4.92.